The molecule has 0 aliphatic carbocycles. The molecule has 0 bridgehead atoms. The number of rotatable bonds is 9. The number of carbonyl (C=O) groups excluding carboxylic acids is 3. The zero-order valence-corrected chi connectivity index (χ0v) is 22.1. The Kier molecular flexibility index (Phi) is 10.6. The van der Waals surface area contributed by atoms with Gasteiger partial charge in [-0.05, 0) is 78.3 Å². The van der Waals surface area contributed by atoms with Crippen LogP contribution < -0.4 is 25.5 Å². The number of ether oxygens (including phenoxy) is 2. The maximum Gasteiger partial charge on any atom is 0.329 e. The van der Waals surface area contributed by atoms with Gasteiger partial charge in [0.15, 0.2) is 18.1 Å². The van der Waals surface area contributed by atoms with Crippen LogP contribution in [-0.4, -0.2) is 43.7 Å². The van der Waals surface area contributed by atoms with Crippen LogP contribution in [0.1, 0.15) is 31.4 Å². The summed E-state index contributed by atoms with van der Waals surface area (Å²) in [6.07, 6.45) is 2.08. The summed E-state index contributed by atoms with van der Waals surface area (Å²) in [6.45, 7) is 5.27. The fourth-order valence-electron chi connectivity index (χ4n) is 2.63. The normalized spacial score (nSPS) is 11.6. The standard InChI is InChI=1S/C23H26ClIN4O5/c1-5-13(2)27-22(31)23(32)29-26-11-15-9-17(25)21(19(10-15)33-4)34-12-20(30)28-18-8-6-7-16(24)14(18)3/h6-11,13H,5,12H2,1-4H3,(H,27,31)(H,28,30)(H,29,32)/b26-11-/t13-/m1/s1. The summed E-state index contributed by atoms with van der Waals surface area (Å²) in [4.78, 5) is 35.9. The van der Waals surface area contributed by atoms with Crippen LogP contribution in [0.25, 0.3) is 0 Å². The van der Waals surface area contributed by atoms with E-state index >= 15 is 0 Å². The summed E-state index contributed by atoms with van der Waals surface area (Å²) in [5, 5.41) is 9.70. The molecule has 0 heterocycles. The van der Waals surface area contributed by atoms with Crippen LogP contribution in [0.15, 0.2) is 35.4 Å². The molecule has 0 saturated carbocycles. The number of hydrogen-bond donors (Lipinski definition) is 3. The molecule has 11 heteroatoms. The van der Waals surface area contributed by atoms with Crippen molar-refractivity contribution in [3.8, 4) is 11.5 Å². The van der Waals surface area contributed by atoms with E-state index in [1.807, 2.05) is 36.4 Å². The second kappa shape index (κ2) is 13.1. The Bertz CT molecular complexity index is 1090. The molecule has 2 aromatic carbocycles. The van der Waals surface area contributed by atoms with Crippen molar-refractivity contribution in [1.82, 2.24) is 10.7 Å². The highest BCUT2D eigenvalue weighted by atomic mass is 127. The summed E-state index contributed by atoms with van der Waals surface area (Å²) in [7, 11) is 1.47. The zero-order chi connectivity index (χ0) is 25.3. The molecule has 0 radical (unpaired) electrons. The highest BCUT2D eigenvalue weighted by Crippen LogP contribution is 2.33. The number of nitrogens with zero attached hydrogens (tertiary/aromatic N) is 1. The molecule has 34 heavy (non-hydrogen) atoms. The predicted octanol–water partition coefficient (Wildman–Crippen LogP) is 3.64. The zero-order valence-electron chi connectivity index (χ0n) is 19.2. The molecule has 0 saturated heterocycles. The van der Waals surface area contributed by atoms with E-state index in [2.05, 4.69) is 21.2 Å². The van der Waals surface area contributed by atoms with Crippen molar-refractivity contribution >= 4 is 63.8 Å². The lowest BCUT2D eigenvalue weighted by Crippen LogP contribution is -2.41. The molecule has 0 spiro atoms. The van der Waals surface area contributed by atoms with Gasteiger partial charge in [0.25, 0.3) is 5.91 Å². The van der Waals surface area contributed by atoms with Crippen LogP contribution >= 0.6 is 34.2 Å². The molecule has 2 aromatic rings. The molecule has 3 amide bonds. The highest BCUT2D eigenvalue weighted by molar-refractivity contribution is 14.1. The first-order valence-electron chi connectivity index (χ1n) is 10.3. The molecular formula is C23H26ClIN4O5. The summed E-state index contributed by atoms with van der Waals surface area (Å²) in [6, 6.07) is 8.49. The number of nitrogens with one attached hydrogen (secondary N) is 3. The van der Waals surface area contributed by atoms with Crippen LogP contribution in [-0.2, 0) is 14.4 Å². The van der Waals surface area contributed by atoms with Crippen molar-refractivity contribution in [2.24, 2.45) is 5.10 Å². The first-order chi connectivity index (χ1) is 16.2. The van der Waals surface area contributed by atoms with E-state index in [4.69, 9.17) is 21.1 Å². The topological polar surface area (TPSA) is 118 Å². The van der Waals surface area contributed by atoms with Crippen molar-refractivity contribution in [3.63, 3.8) is 0 Å². The molecule has 1 atom stereocenters. The van der Waals surface area contributed by atoms with Gasteiger partial charge in [0.1, 0.15) is 0 Å². The van der Waals surface area contributed by atoms with Gasteiger partial charge in [0.2, 0.25) is 0 Å². The lowest BCUT2D eigenvalue weighted by Gasteiger charge is -2.14. The molecule has 0 unspecified atom stereocenters. The van der Waals surface area contributed by atoms with Crippen molar-refractivity contribution in [3.05, 3.63) is 50.1 Å². The largest absolute Gasteiger partial charge is 0.493 e. The minimum Gasteiger partial charge on any atom is -0.493 e. The Balaban J connectivity index is 2.01. The summed E-state index contributed by atoms with van der Waals surface area (Å²) >= 11 is 8.13. The lowest BCUT2D eigenvalue weighted by atomic mass is 10.2. The minimum atomic E-state index is -0.862. The number of amides is 3. The van der Waals surface area contributed by atoms with E-state index in [-0.39, 0.29) is 18.6 Å². The number of anilines is 1. The Morgan fingerprint density at radius 1 is 1.24 bits per heavy atom. The van der Waals surface area contributed by atoms with Crippen LogP contribution in [0.4, 0.5) is 5.69 Å². The molecule has 0 fully saturated rings. The van der Waals surface area contributed by atoms with E-state index < -0.39 is 11.8 Å². The van der Waals surface area contributed by atoms with Gasteiger partial charge in [-0.25, -0.2) is 5.43 Å². The predicted molar refractivity (Wildman–Crippen MR) is 140 cm³/mol. The van der Waals surface area contributed by atoms with E-state index in [1.165, 1.54) is 13.3 Å². The fraction of sp³-hybridized carbons (Fsp3) is 0.304. The minimum absolute atomic E-state index is 0.114. The quantitative estimate of drug-likeness (QED) is 0.176. The number of methoxy groups -OCH3 is 1. The first kappa shape index (κ1) is 27.4. The Hall–Kier alpha value is -2.86. The van der Waals surface area contributed by atoms with Crippen molar-refractivity contribution < 1.29 is 23.9 Å². The SMILES string of the molecule is CC[C@@H](C)NC(=O)C(=O)N/N=C\c1cc(I)c(OCC(=O)Nc2cccc(Cl)c2C)c(OC)c1. The van der Waals surface area contributed by atoms with Gasteiger partial charge >= 0.3 is 11.8 Å². The number of halogens is 2. The van der Waals surface area contributed by atoms with Gasteiger partial charge in [-0.3, -0.25) is 14.4 Å². The first-order valence-corrected chi connectivity index (χ1v) is 11.8. The average Bonchev–Trinajstić information content (AvgIpc) is 2.80. The Morgan fingerprint density at radius 3 is 2.65 bits per heavy atom. The smallest absolute Gasteiger partial charge is 0.329 e. The molecular weight excluding hydrogens is 575 g/mol. The maximum atomic E-state index is 12.4. The maximum absolute atomic E-state index is 12.4. The molecule has 3 N–H and O–H groups in total. The average molecular weight is 601 g/mol. The van der Waals surface area contributed by atoms with Gasteiger partial charge in [0.05, 0.1) is 16.9 Å². The van der Waals surface area contributed by atoms with Gasteiger partial charge in [-0.1, -0.05) is 24.6 Å². The molecule has 0 aromatic heterocycles. The van der Waals surface area contributed by atoms with E-state index in [1.54, 1.807) is 37.3 Å². The second-order valence-corrected chi connectivity index (χ2v) is 8.83. The third-order valence-corrected chi connectivity index (χ3v) is 5.93. The molecule has 182 valence electrons. The molecule has 0 aliphatic rings. The van der Waals surface area contributed by atoms with Gasteiger partial charge in [0, 0.05) is 16.8 Å². The fourth-order valence-corrected chi connectivity index (χ4v) is 3.58. The number of hydrogen-bond acceptors (Lipinski definition) is 6. The monoisotopic (exact) mass is 600 g/mol. The second-order valence-electron chi connectivity index (χ2n) is 7.27. The molecule has 2 rings (SSSR count). The van der Waals surface area contributed by atoms with E-state index in [0.717, 1.165) is 5.56 Å². The van der Waals surface area contributed by atoms with Crippen LogP contribution in [0, 0.1) is 10.5 Å². The number of hydrazone groups is 1. The molecule has 0 aliphatic heterocycles. The number of carbonyl (C=O) groups is 3. The third kappa shape index (κ3) is 7.87. The van der Waals surface area contributed by atoms with Crippen LogP contribution in [0.5, 0.6) is 11.5 Å². The Morgan fingerprint density at radius 2 is 1.97 bits per heavy atom. The van der Waals surface area contributed by atoms with Crippen LogP contribution in [0.2, 0.25) is 5.02 Å². The summed E-state index contributed by atoms with van der Waals surface area (Å²) in [5.41, 5.74) is 4.15. The highest BCUT2D eigenvalue weighted by Gasteiger charge is 2.16. The van der Waals surface area contributed by atoms with Gasteiger partial charge in [-0.15, -0.1) is 0 Å². The molecule has 9 nitrogen and oxygen atoms in total. The van der Waals surface area contributed by atoms with Crippen molar-refractivity contribution in [2.45, 2.75) is 33.2 Å². The van der Waals surface area contributed by atoms with Crippen molar-refractivity contribution in [2.75, 3.05) is 19.0 Å². The third-order valence-electron chi connectivity index (χ3n) is 4.72. The van der Waals surface area contributed by atoms with Crippen molar-refractivity contribution in [1.29, 1.82) is 0 Å². The van der Waals surface area contributed by atoms with Gasteiger partial charge < -0.3 is 20.1 Å². The summed E-state index contributed by atoms with van der Waals surface area (Å²) < 4.78 is 11.7. The Labute approximate surface area is 216 Å². The lowest BCUT2D eigenvalue weighted by molar-refractivity contribution is -0.139. The summed E-state index contributed by atoms with van der Waals surface area (Å²) in [5.74, 6) is -1.21. The number of benzene rings is 2. The van der Waals surface area contributed by atoms with Gasteiger partial charge in [-0.2, -0.15) is 5.10 Å². The van der Waals surface area contributed by atoms with E-state index in [0.29, 0.717) is 37.8 Å². The van der Waals surface area contributed by atoms with Crippen LogP contribution in [0.3, 0.4) is 0 Å². The van der Waals surface area contributed by atoms with E-state index in [9.17, 15) is 14.4 Å².